The van der Waals surface area contributed by atoms with Crippen molar-refractivity contribution in [3.05, 3.63) is 58.1 Å². The third kappa shape index (κ3) is 3.66. The van der Waals surface area contributed by atoms with Crippen LogP contribution in [0, 0.1) is 11.3 Å². The van der Waals surface area contributed by atoms with Crippen LogP contribution in [0.4, 0.5) is 0 Å². The fourth-order valence-electron chi connectivity index (χ4n) is 2.77. The number of ether oxygens (including phenoxy) is 1. The van der Waals surface area contributed by atoms with Gasteiger partial charge in [-0.3, -0.25) is 4.79 Å². The van der Waals surface area contributed by atoms with Crippen molar-refractivity contribution in [1.82, 2.24) is 4.72 Å². The Morgan fingerprint density at radius 3 is 2.88 bits per heavy atom. The van der Waals surface area contributed by atoms with E-state index in [1.165, 1.54) is 24.3 Å². The molecule has 0 bridgehead atoms. The lowest BCUT2D eigenvalue weighted by Crippen LogP contribution is -2.30. The predicted molar refractivity (Wildman–Crippen MR) is 95.7 cm³/mol. The normalized spacial score (nSPS) is 15.7. The number of carbonyl (C=O) groups excluding carboxylic acids is 1. The number of rotatable bonds is 4. The summed E-state index contributed by atoms with van der Waals surface area (Å²) in [5.74, 6) is -0.292. The van der Waals surface area contributed by atoms with Crippen LogP contribution in [-0.2, 0) is 22.9 Å². The molecule has 0 saturated carbocycles. The van der Waals surface area contributed by atoms with Gasteiger partial charge >= 0.3 is 0 Å². The van der Waals surface area contributed by atoms with E-state index in [0.717, 1.165) is 0 Å². The minimum Gasteiger partial charge on any atom is -0.489 e. The van der Waals surface area contributed by atoms with Gasteiger partial charge in [-0.25, -0.2) is 13.1 Å². The van der Waals surface area contributed by atoms with Crippen LogP contribution in [0.3, 0.4) is 0 Å². The third-order valence-electron chi connectivity index (χ3n) is 3.93. The van der Waals surface area contributed by atoms with Gasteiger partial charge in [0.05, 0.1) is 22.4 Å². The smallest absolute Gasteiger partial charge is 0.265 e. The number of carbonyl (C=O) groups is 1. The lowest BCUT2D eigenvalue weighted by atomic mass is 10.1. The van der Waals surface area contributed by atoms with E-state index in [2.05, 4.69) is 0 Å². The number of sulfonamides is 1. The summed E-state index contributed by atoms with van der Waals surface area (Å²) in [4.78, 5) is 12.2. The average molecular weight is 391 g/mol. The van der Waals surface area contributed by atoms with Gasteiger partial charge in [0.2, 0.25) is 0 Å². The molecule has 1 N–H and O–H groups in total. The summed E-state index contributed by atoms with van der Waals surface area (Å²) < 4.78 is 32.7. The minimum absolute atomic E-state index is 0.0853. The number of fused-ring (bicyclic) bond motifs is 1. The van der Waals surface area contributed by atoms with Gasteiger partial charge < -0.3 is 4.74 Å². The van der Waals surface area contributed by atoms with Gasteiger partial charge in [-0.15, -0.1) is 0 Å². The monoisotopic (exact) mass is 390 g/mol. The number of halogens is 1. The van der Waals surface area contributed by atoms with E-state index in [1.807, 2.05) is 17.7 Å². The first-order valence-electron chi connectivity index (χ1n) is 7.82. The maximum Gasteiger partial charge on any atom is 0.265 e. The van der Waals surface area contributed by atoms with E-state index < -0.39 is 15.9 Å². The number of benzene rings is 2. The summed E-state index contributed by atoms with van der Waals surface area (Å²) >= 11 is 6.12. The van der Waals surface area contributed by atoms with E-state index in [0.29, 0.717) is 23.3 Å². The van der Waals surface area contributed by atoms with Crippen LogP contribution in [0.25, 0.3) is 0 Å². The molecule has 1 aliphatic heterocycles. The van der Waals surface area contributed by atoms with Gasteiger partial charge in [0.15, 0.2) is 0 Å². The molecule has 2 aromatic carbocycles. The van der Waals surface area contributed by atoms with Crippen molar-refractivity contribution in [1.29, 1.82) is 5.26 Å². The number of nitrogens with zero attached hydrogens (tertiary/aromatic N) is 1. The number of nitriles is 1. The molecule has 0 unspecified atom stereocenters. The van der Waals surface area contributed by atoms with Crippen LogP contribution in [0.15, 0.2) is 41.3 Å². The molecular formula is C18H15ClN2O4S. The first kappa shape index (κ1) is 18.2. The molecule has 1 aliphatic rings. The third-order valence-corrected chi connectivity index (χ3v) is 5.52. The van der Waals surface area contributed by atoms with Gasteiger partial charge in [-0.05, 0) is 36.8 Å². The molecule has 0 aliphatic carbocycles. The average Bonchev–Trinajstić information content (AvgIpc) is 2.96. The molecule has 26 heavy (non-hydrogen) atoms. The van der Waals surface area contributed by atoms with Gasteiger partial charge in [-0.1, -0.05) is 23.7 Å². The highest BCUT2D eigenvalue weighted by Gasteiger charge is 2.27. The Kier molecular flexibility index (Phi) is 4.90. The Morgan fingerprint density at radius 2 is 2.15 bits per heavy atom. The van der Waals surface area contributed by atoms with E-state index in [9.17, 15) is 13.2 Å². The lowest BCUT2D eigenvalue weighted by Gasteiger charge is -2.10. The van der Waals surface area contributed by atoms with Gasteiger partial charge in [0.1, 0.15) is 11.9 Å². The number of hydrogen-bond acceptors (Lipinski definition) is 5. The Hall–Kier alpha value is -2.56. The molecule has 1 amide bonds. The van der Waals surface area contributed by atoms with Crippen LogP contribution in [0.1, 0.15) is 28.4 Å². The molecule has 1 atom stereocenters. The second-order valence-corrected chi connectivity index (χ2v) is 8.09. The van der Waals surface area contributed by atoms with Crippen LogP contribution >= 0.6 is 11.6 Å². The summed E-state index contributed by atoms with van der Waals surface area (Å²) in [6, 6.07) is 11.0. The predicted octanol–water partition coefficient (Wildman–Crippen LogP) is 2.85. The largest absolute Gasteiger partial charge is 0.489 e. The zero-order valence-electron chi connectivity index (χ0n) is 13.8. The first-order valence-corrected chi connectivity index (χ1v) is 9.68. The summed E-state index contributed by atoms with van der Waals surface area (Å²) in [6.07, 6.45) is 0.590. The summed E-state index contributed by atoms with van der Waals surface area (Å²) in [5, 5.41) is 8.93. The van der Waals surface area contributed by atoms with Crippen molar-refractivity contribution in [3.63, 3.8) is 0 Å². The molecule has 0 radical (unpaired) electrons. The zero-order chi connectivity index (χ0) is 18.9. The van der Waals surface area contributed by atoms with Crippen molar-refractivity contribution >= 4 is 27.5 Å². The fraction of sp³-hybridized carbons (Fsp3) is 0.222. The van der Waals surface area contributed by atoms with Crippen molar-refractivity contribution in [2.45, 2.75) is 30.8 Å². The molecule has 2 aromatic rings. The van der Waals surface area contributed by atoms with Gasteiger partial charge in [0, 0.05) is 17.5 Å². The molecule has 3 rings (SSSR count). The fourth-order valence-corrected chi connectivity index (χ4v) is 4.17. The summed E-state index contributed by atoms with van der Waals surface area (Å²) in [6.45, 7) is 1.86. The molecule has 0 spiro atoms. The summed E-state index contributed by atoms with van der Waals surface area (Å²) in [5.41, 5.74) is 1.48. The topological polar surface area (TPSA) is 96.3 Å². The Balaban J connectivity index is 1.87. The van der Waals surface area contributed by atoms with Crippen molar-refractivity contribution in [3.8, 4) is 11.8 Å². The lowest BCUT2D eigenvalue weighted by molar-refractivity contribution is 0.0981. The highest BCUT2D eigenvalue weighted by molar-refractivity contribution is 7.90. The molecule has 6 nitrogen and oxygen atoms in total. The zero-order valence-corrected chi connectivity index (χ0v) is 15.4. The van der Waals surface area contributed by atoms with E-state index in [1.54, 1.807) is 12.1 Å². The maximum atomic E-state index is 12.6. The standard InChI is InChI=1S/C18H15ClN2O4S/c1-11-7-14-9-15(10-16(19)17(14)25-11)26(23,24)21-18(22)13-4-2-3-12(8-13)5-6-20/h2-4,8-11H,5,7H2,1H3,(H,21,22)/t11-/m0/s1. The van der Waals surface area contributed by atoms with Crippen LogP contribution in [-0.4, -0.2) is 20.4 Å². The van der Waals surface area contributed by atoms with E-state index in [-0.39, 0.29) is 28.0 Å². The Morgan fingerprint density at radius 1 is 1.38 bits per heavy atom. The van der Waals surface area contributed by atoms with Crippen molar-refractivity contribution in [2.24, 2.45) is 0 Å². The molecule has 134 valence electrons. The quantitative estimate of drug-likeness (QED) is 0.865. The highest BCUT2D eigenvalue weighted by atomic mass is 35.5. The molecule has 0 saturated heterocycles. The molecule has 8 heteroatoms. The molecule has 0 fully saturated rings. The maximum absolute atomic E-state index is 12.6. The van der Waals surface area contributed by atoms with Crippen LogP contribution in [0.5, 0.6) is 5.75 Å². The number of nitrogens with one attached hydrogen (secondary N) is 1. The Labute approximate surface area is 156 Å². The number of hydrogen-bond donors (Lipinski definition) is 1. The van der Waals surface area contributed by atoms with Crippen LogP contribution < -0.4 is 9.46 Å². The molecule has 1 heterocycles. The SMILES string of the molecule is C[C@H]1Cc2cc(S(=O)(=O)NC(=O)c3cccc(CC#N)c3)cc(Cl)c2O1. The molecule has 0 aromatic heterocycles. The molecular weight excluding hydrogens is 376 g/mol. The van der Waals surface area contributed by atoms with Crippen LogP contribution in [0.2, 0.25) is 5.02 Å². The summed E-state index contributed by atoms with van der Waals surface area (Å²) in [7, 11) is -4.10. The van der Waals surface area contributed by atoms with E-state index in [4.69, 9.17) is 21.6 Å². The van der Waals surface area contributed by atoms with Gasteiger partial charge in [-0.2, -0.15) is 5.26 Å². The highest BCUT2D eigenvalue weighted by Crippen LogP contribution is 2.37. The Bertz CT molecular complexity index is 1030. The minimum atomic E-state index is -4.10. The van der Waals surface area contributed by atoms with Crippen molar-refractivity contribution < 1.29 is 17.9 Å². The first-order chi connectivity index (χ1) is 12.3. The van der Waals surface area contributed by atoms with E-state index >= 15 is 0 Å². The van der Waals surface area contributed by atoms with Crippen molar-refractivity contribution in [2.75, 3.05) is 0 Å². The number of amides is 1. The van der Waals surface area contributed by atoms with Gasteiger partial charge in [0.25, 0.3) is 15.9 Å². The second-order valence-electron chi connectivity index (χ2n) is 6.00. The second kappa shape index (κ2) is 6.98.